The lowest BCUT2D eigenvalue weighted by Gasteiger charge is -2.47. The molecule has 1 heterocycles. The average molecular weight is 599 g/mol. The summed E-state index contributed by atoms with van der Waals surface area (Å²) in [7, 11) is 0. The summed E-state index contributed by atoms with van der Waals surface area (Å²) in [6, 6.07) is 12.3. The quantitative estimate of drug-likeness (QED) is 0.345. The number of hydrogen-bond donors (Lipinski definition) is 2. The molecule has 2 aromatic rings. The molecule has 5 rings (SSSR count). The molecular weight excluding hydrogens is 561 g/mol. The molecule has 0 saturated heterocycles. The van der Waals surface area contributed by atoms with E-state index in [1.165, 1.54) is 0 Å². The molecule has 0 bridgehead atoms. The molecule has 2 fully saturated rings. The normalized spacial score (nSPS) is 23.4. The molecule has 2 amide bonds. The van der Waals surface area contributed by atoms with E-state index < -0.39 is 11.6 Å². The molecule has 218 valence electrons. The molecule has 1 atom stereocenters. The van der Waals surface area contributed by atoms with Crippen LogP contribution in [0.4, 0.5) is 0 Å². The number of hydrogen-bond acceptors (Lipinski definition) is 4. The van der Waals surface area contributed by atoms with E-state index in [2.05, 4.69) is 26.1 Å². The van der Waals surface area contributed by atoms with Gasteiger partial charge in [-0.15, -0.1) is 0 Å². The number of aliphatic imine (C=N–C) groups is 1. The number of halogens is 2. The third kappa shape index (κ3) is 6.31. The van der Waals surface area contributed by atoms with Gasteiger partial charge in [-0.1, -0.05) is 56.1 Å². The first-order chi connectivity index (χ1) is 19.4. The van der Waals surface area contributed by atoms with E-state index in [0.29, 0.717) is 38.7 Å². The van der Waals surface area contributed by atoms with E-state index >= 15 is 0 Å². The van der Waals surface area contributed by atoms with Gasteiger partial charge in [0.15, 0.2) is 0 Å². The first-order valence-corrected chi connectivity index (χ1v) is 15.1. The van der Waals surface area contributed by atoms with Gasteiger partial charge < -0.3 is 15.3 Å². The molecular formula is C32H37Cl2N3O4. The van der Waals surface area contributed by atoms with Gasteiger partial charge in [0.25, 0.3) is 11.8 Å². The van der Waals surface area contributed by atoms with Crippen molar-refractivity contribution in [3.8, 4) is 0 Å². The zero-order chi connectivity index (χ0) is 29.5. The van der Waals surface area contributed by atoms with E-state index in [4.69, 9.17) is 33.3 Å². The Kier molecular flexibility index (Phi) is 8.23. The second-order valence-electron chi connectivity index (χ2n) is 12.7. The van der Waals surface area contributed by atoms with Gasteiger partial charge in [-0.3, -0.25) is 19.4 Å². The topological polar surface area (TPSA) is 99.1 Å². The molecule has 41 heavy (non-hydrogen) atoms. The molecule has 3 aliphatic rings. The average Bonchev–Trinajstić information content (AvgIpc) is 3.70. The van der Waals surface area contributed by atoms with Crippen molar-refractivity contribution in [2.45, 2.75) is 77.4 Å². The lowest BCUT2D eigenvalue weighted by molar-refractivity contribution is -0.137. The van der Waals surface area contributed by atoms with Crippen molar-refractivity contribution in [1.29, 1.82) is 0 Å². The van der Waals surface area contributed by atoms with Gasteiger partial charge in [-0.05, 0) is 91.7 Å². The predicted molar refractivity (Wildman–Crippen MR) is 160 cm³/mol. The number of amides is 2. The maximum Gasteiger partial charge on any atom is 0.305 e. The van der Waals surface area contributed by atoms with E-state index in [-0.39, 0.29) is 36.2 Å². The Hall–Kier alpha value is -2.90. The zero-order valence-corrected chi connectivity index (χ0v) is 25.3. The van der Waals surface area contributed by atoms with Crippen LogP contribution in [-0.4, -0.2) is 45.7 Å². The number of nitrogens with zero attached hydrogens (tertiary/aromatic N) is 2. The highest BCUT2D eigenvalue weighted by atomic mass is 35.5. The Morgan fingerprint density at radius 1 is 1.05 bits per heavy atom. The summed E-state index contributed by atoms with van der Waals surface area (Å²) in [4.78, 5) is 45.0. The standard InChI is InChI=1S/C32H37Cl2N3O4/c1-31(2,3)23-10-13-32(14-11-23)36-27(22-16-24(33)18-25(34)17-22)30(41)37(32)28(19-4-5-19)20-6-8-21(9-7-20)29(40)35-15-12-26(38)39/h6-9,16-19,23,28H,4-5,10-15H2,1-3H3,(H,35,40)(H,38,39)/t23?,28-,32?/m1/s1. The number of carbonyl (C=O) groups is 3. The number of benzene rings is 2. The fraction of sp³-hybridized carbons (Fsp3) is 0.500. The molecule has 9 heteroatoms. The number of nitrogens with one attached hydrogen (secondary N) is 1. The molecule has 1 aliphatic heterocycles. The number of carboxylic acid groups (broad SMARTS) is 1. The van der Waals surface area contributed by atoms with Gasteiger partial charge in [0.1, 0.15) is 11.4 Å². The summed E-state index contributed by atoms with van der Waals surface area (Å²) in [6.45, 7) is 6.90. The summed E-state index contributed by atoms with van der Waals surface area (Å²) in [5.41, 5.74) is 1.99. The zero-order valence-electron chi connectivity index (χ0n) is 23.8. The highest BCUT2D eigenvalue weighted by molar-refractivity contribution is 6.47. The minimum atomic E-state index is -0.963. The van der Waals surface area contributed by atoms with Gasteiger partial charge in [-0.25, -0.2) is 0 Å². The number of carbonyl (C=O) groups excluding carboxylic acids is 2. The van der Waals surface area contributed by atoms with Crippen LogP contribution >= 0.6 is 23.2 Å². The molecule has 2 N–H and O–H groups in total. The fourth-order valence-electron chi connectivity index (χ4n) is 6.44. The summed E-state index contributed by atoms with van der Waals surface area (Å²) >= 11 is 12.7. The smallest absolute Gasteiger partial charge is 0.305 e. The Morgan fingerprint density at radius 2 is 1.66 bits per heavy atom. The third-order valence-corrected chi connectivity index (χ3v) is 9.26. The first-order valence-electron chi connectivity index (χ1n) is 14.4. The fourth-order valence-corrected chi connectivity index (χ4v) is 6.96. The molecule has 2 aliphatic carbocycles. The van der Waals surface area contributed by atoms with Crippen molar-refractivity contribution in [3.63, 3.8) is 0 Å². The van der Waals surface area contributed by atoms with Crippen molar-refractivity contribution in [2.75, 3.05) is 6.54 Å². The van der Waals surface area contributed by atoms with Crippen molar-refractivity contribution >= 4 is 46.7 Å². The van der Waals surface area contributed by atoms with Crippen LogP contribution in [0.15, 0.2) is 47.5 Å². The predicted octanol–water partition coefficient (Wildman–Crippen LogP) is 6.91. The second-order valence-corrected chi connectivity index (χ2v) is 13.6. The van der Waals surface area contributed by atoms with Crippen LogP contribution in [0.5, 0.6) is 0 Å². The SMILES string of the molecule is CC(C)(C)C1CCC2(CC1)N=C(c1cc(Cl)cc(Cl)c1)C(=O)N2[C@@H](c1ccc(C(=O)NCCC(=O)O)cc1)C1CC1. The Bertz CT molecular complexity index is 1350. The van der Waals surface area contributed by atoms with Crippen molar-refractivity contribution < 1.29 is 19.5 Å². The summed E-state index contributed by atoms with van der Waals surface area (Å²) in [5, 5.41) is 12.4. The molecule has 1 spiro atoms. The molecule has 0 radical (unpaired) electrons. The van der Waals surface area contributed by atoms with Crippen LogP contribution < -0.4 is 5.32 Å². The van der Waals surface area contributed by atoms with Crippen LogP contribution in [0.25, 0.3) is 0 Å². The van der Waals surface area contributed by atoms with Crippen molar-refractivity contribution in [3.05, 3.63) is 69.2 Å². The Morgan fingerprint density at radius 3 is 2.20 bits per heavy atom. The van der Waals surface area contributed by atoms with Crippen molar-refractivity contribution in [1.82, 2.24) is 10.2 Å². The van der Waals surface area contributed by atoms with E-state index in [9.17, 15) is 14.4 Å². The third-order valence-electron chi connectivity index (χ3n) is 8.82. The van der Waals surface area contributed by atoms with Crippen molar-refractivity contribution in [2.24, 2.45) is 22.2 Å². The van der Waals surface area contributed by atoms with Crippen LogP contribution in [0.2, 0.25) is 10.0 Å². The second kappa shape index (κ2) is 11.4. The van der Waals surface area contributed by atoms with Gasteiger partial charge in [0.05, 0.1) is 12.5 Å². The first kappa shape index (κ1) is 29.6. The van der Waals surface area contributed by atoms with Crippen LogP contribution in [0.3, 0.4) is 0 Å². The minimum absolute atomic E-state index is 0.0641. The van der Waals surface area contributed by atoms with Gasteiger partial charge in [-0.2, -0.15) is 0 Å². The number of carboxylic acids is 1. The lowest BCUT2D eigenvalue weighted by Crippen LogP contribution is -2.52. The monoisotopic (exact) mass is 597 g/mol. The molecule has 2 saturated carbocycles. The number of aliphatic carboxylic acids is 1. The number of rotatable bonds is 8. The van der Waals surface area contributed by atoms with E-state index in [1.54, 1.807) is 30.3 Å². The molecule has 2 aromatic carbocycles. The molecule has 0 unspecified atom stereocenters. The minimum Gasteiger partial charge on any atom is -0.481 e. The Balaban J connectivity index is 1.48. The lowest BCUT2D eigenvalue weighted by atomic mass is 9.69. The summed E-state index contributed by atoms with van der Waals surface area (Å²) < 4.78 is 0. The maximum atomic E-state index is 14.4. The summed E-state index contributed by atoms with van der Waals surface area (Å²) in [5.74, 6) is -0.536. The van der Waals surface area contributed by atoms with Crippen LogP contribution in [0.1, 0.15) is 93.2 Å². The van der Waals surface area contributed by atoms with E-state index in [0.717, 1.165) is 44.1 Å². The highest BCUT2D eigenvalue weighted by Gasteiger charge is 2.55. The largest absolute Gasteiger partial charge is 0.481 e. The van der Waals surface area contributed by atoms with Crippen LogP contribution in [0, 0.1) is 17.3 Å². The molecule has 7 nitrogen and oxygen atoms in total. The Labute approximate surface area is 251 Å². The van der Waals surface area contributed by atoms with Crippen LogP contribution in [-0.2, 0) is 9.59 Å². The summed E-state index contributed by atoms with van der Waals surface area (Å²) in [6.07, 6.45) is 5.43. The van der Waals surface area contributed by atoms with Gasteiger partial charge in [0, 0.05) is 27.7 Å². The molecule has 0 aromatic heterocycles. The van der Waals surface area contributed by atoms with Gasteiger partial charge >= 0.3 is 5.97 Å². The van der Waals surface area contributed by atoms with Gasteiger partial charge in [0.2, 0.25) is 0 Å². The highest BCUT2D eigenvalue weighted by Crippen LogP contribution is 2.54. The van der Waals surface area contributed by atoms with E-state index in [1.807, 2.05) is 17.0 Å². The maximum absolute atomic E-state index is 14.4.